The first-order valence-electron chi connectivity index (χ1n) is 5.55. The first-order chi connectivity index (χ1) is 6.24. The molecule has 0 atom stereocenters. The van der Waals surface area contributed by atoms with Crippen molar-refractivity contribution < 1.29 is 4.79 Å². The maximum atomic E-state index is 10.9. The van der Waals surface area contributed by atoms with Crippen molar-refractivity contribution in [1.29, 1.82) is 0 Å². The van der Waals surface area contributed by atoms with Crippen molar-refractivity contribution >= 4 is 5.91 Å². The molecule has 1 aliphatic heterocycles. The molecule has 0 aromatic rings. The lowest BCUT2D eigenvalue weighted by Crippen LogP contribution is -2.62. The van der Waals surface area contributed by atoms with Gasteiger partial charge in [0.2, 0.25) is 5.91 Å². The maximum Gasteiger partial charge on any atom is 0.222 e. The minimum Gasteiger partial charge on any atom is -0.350 e. The van der Waals surface area contributed by atoms with Gasteiger partial charge in [-0.3, -0.25) is 4.79 Å². The Kier molecular flexibility index (Phi) is 2.31. The molecule has 1 saturated carbocycles. The first kappa shape index (κ1) is 9.04. The molecule has 1 aliphatic carbocycles. The van der Waals surface area contributed by atoms with E-state index in [0.29, 0.717) is 0 Å². The van der Waals surface area contributed by atoms with Gasteiger partial charge in [-0.25, -0.2) is 0 Å². The van der Waals surface area contributed by atoms with Crippen molar-refractivity contribution in [3.8, 4) is 0 Å². The van der Waals surface area contributed by atoms with Crippen LogP contribution in [0.25, 0.3) is 0 Å². The summed E-state index contributed by atoms with van der Waals surface area (Å²) in [6, 6.07) is 0. The van der Waals surface area contributed by atoms with Crippen molar-refractivity contribution in [2.45, 2.75) is 57.4 Å². The molecule has 2 fully saturated rings. The zero-order valence-corrected chi connectivity index (χ0v) is 8.44. The van der Waals surface area contributed by atoms with Gasteiger partial charge in [0.05, 0.1) is 0 Å². The summed E-state index contributed by atoms with van der Waals surface area (Å²) in [5.41, 5.74) is 0.251. The van der Waals surface area contributed by atoms with Gasteiger partial charge in [-0.15, -0.1) is 0 Å². The Labute approximate surface area is 80.1 Å². The van der Waals surface area contributed by atoms with E-state index in [-0.39, 0.29) is 11.4 Å². The molecule has 1 amide bonds. The van der Waals surface area contributed by atoms with Crippen LogP contribution in [0.1, 0.15) is 51.9 Å². The van der Waals surface area contributed by atoms with Crippen LogP contribution in [0.4, 0.5) is 0 Å². The third-order valence-corrected chi connectivity index (χ3v) is 3.66. The molecule has 0 aromatic heterocycles. The summed E-state index contributed by atoms with van der Waals surface area (Å²) in [5, 5.41) is 3.08. The van der Waals surface area contributed by atoms with Crippen LogP contribution in [-0.2, 0) is 4.79 Å². The summed E-state index contributed by atoms with van der Waals surface area (Å²) >= 11 is 0. The molecule has 0 aromatic carbocycles. The second-order valence-electron chi connectivity index (χ2n) is 4.74. The van der Waals surface area contributed by atoms with Crippen molar-refractivity contribution in [2.24, 2.45) is 5.92 Å². The van der Waals surface area contributed by atoms with Gasteiger partial charge < -0.3 is 5.32 Å². The molecule has 2 heteroatoms. The lowest BCUT2D eigenvalue weighted by molar-refractivity contribution is -0.134. The first-order valence-corrected chi connectivity index (χ1v) is 5.55. The maximum absolute atomic E-state index is 10.9. The van der Waals surface area contributed by atoms with E-state index in [4.69, 9.17) is 0 Å². The second-order valence-corrected chi connectivity index (χ2v) is 4.74. The van der Waals surface area contributed by atoms with Crippen LogP contribution in [0.3, 0.4) is 0 Å². The normalized spacial score (nSPS) is 38.5. The lowest BCUT2D eigenvalue weighted by Gasteiger charge is -2.47. The summed E-state index contributed by atoms with van der Waals surface area (Å²) in [6.45, 7) is 2.26. The van der Waals surface area contributed by atoms with Crippen molar-refractivity contribution in [3.63, 3.8) is 0 Å². The summed E-state index contributed by atoms with van der Waals surface area (Å²) in [6.07, 6.45) is 8.59. The van der Waals surface area contributed by atoms with Gasteiger partial charge in [0.1, 0.15) is 0 Å². The molecule has 2 nitrogen and oxygen atoms in total. The van der Waals surface area contributed by atoms with Crippen LogP contribution < -0.4 is 5.32 Å². The number of carbonyl (C=O) groups is 1. The van der Waals surface area contributed by atoms with E-state index < -0.39 is 0 Å². The molecule has 2 rings (SSSR count). The molecule has 2 aliphatic rings. The van der Waals surface area contributed by atoms with Gasteiger partial charge in [-0.05, 0) is 31.6 Å². The van der Waals surface area contributed by atoms with Crippen LogP contribution in [0.15, 0.2) is 0 Å². The van der Waals surface area contributed by atoms with Crippen molar-refractivity contribution in [2.75, 3.05) is 0 Å². The summed E-state index contributed by atoms with van der Waals surface area (Å²) in [4.78, 5) is 10.9. The number of hydrogen-bond acceptors (Lipinski definition) is 1. The average Bonchev–Trinajstić information content (AvgIpc) is 2.07. The molecule has 0 radical (unpaired) electrons. The van der Waals surface area contributed by atoms with E-state index >= 15 is 0 Å². The zero-order chi connectivity index (χ0) is 9.31. The van der Waals surface area contributed by atoms with Gasteiger partial charge in [0, 0.05) is 12.0 Å². The van der Waals surface area contributed by atoms with Gasteiger partial charge >= 0.3 is 0 Å². The zero-order valence-electron chi connectivity index (χ0n) is 8.44. The number of β-lactam (4-membered cyclic amide) rings is 1. The molecular weight excluding hydrogens is 162 g/mol. The van der Waals surface area contributed by atoms with E-state index in [1.807, 2.05) is 0 Å². The smallest absolute Gasteiger partial charge is 0.222 e. The predicted octanol–water partition coefficient (Wildman–Crippen LogP) is 2.24. The molecule has 0 bridgehead atoms. The van der Waals surface area contributed by atoms with Gasteiger partial charge in [-0.1, -0.05) is 19.8 Å². The number of amides is 1. The molecule has 1 spiro atoms. The van der Waals surface area contributed by atoms with Gasteiger partial charge in [-0.2, -0.15) is 0 Å². The fourth-order valence-electron chi connectivity index (χ4n) is 2.81. The number of carbonyl (C=O) groups excluding carboxylic acids is 1. The predicted molar refractivity (Wildman–Crippen MR) is 52.4 cm³/mol. The van der Waals surface area contributed by atoms with Crippen LogP contribution in [0.5, 0.6) is 0 Å². The van der Waals surface area contributed by atoms with Crippen LogP contribution in [0.2, 0.25) is 0 Å². The molecule has 13 heavy (non-hydrogen) atoms. The Morgan fingerprint density at radius 2 is 2.08 bits per heavy atom. The van der Waals surface area contributed by atoms with E-state index in [9.17, 15) is 4.79 Å². The Bertz CT molecular complexity index is 194. The summed E-state index contributed by atoms with van der Waals surface area (Å²) in [5.74, 6) is 1.20. The van der Waals surface area contributed by atoms with Crippen LogP contribution in [-0.4, -0.2) is 11.4 Å². The topological polar surface area (TPSA) is 29.1 Å². The van der Waals surface area contributed by atoms with Crippen molar-refractivity contribution in [1.82, 2.24) is 5.32 Å². The third kappa shape index (κ3) is 1.72. The highest BCUT2D eigenvalue weighted by Gasteiger charge is 2.44. The fourth-order valence-corrected chi connectivity index (χ4v) is 2.81. The Morgan fingerprint density at radius 1 is 1.46 bits per heavy atom. The van der Waals surface area contributed by atoms with Crippen LogP contribution in [0, 0.1) is 5.92 Å². The largest absolute Gasteiger partial charge is 0.350 e. The van der Waals surface area contributed by atoms with E-state index in [0.717, 1.165) is 12.3 Å². The molecule has 0 unspecified atom stereocenters. The average molecular weight is 181 g/mol. The van der Waals surface area contributed by atoms with Gasteiger partial charge in [0.15, 0.2) is 0 Å². The van der Waals surface area contributed by atoms with E-state index in [2.05, 4.69) is 12.2 Å². The van der Waals surface area contributed by atoms with Crippen LogP contribution >= 0.6 is 0 Å². The number of hydrogen-bond donors (Lipinski definition) is 1. The third-order valence-electron chi connectivity index (χ3n) is 3.66. The highest BCUT2D eigenvalue weighted by Crippen LogP contribution is 2.39. The quantitative estimate of drug-likeness (QED) is 0.650. The lowest BCUT2D eigenvalue weighted by atomic mass is 9.70. The summed E-state index contributed by atoms with van der Waals surface area (Å²) < 4.78 is 0. The number of nitrogens with one attached hydrogen (secondary N) is 1. The minimum atomic E-state index is 0.251. The Morgan fingerprint density at radius 3 is 2.54 bits per heavy atom. The SMILES string of the molecule is CCCC1CCC2(CC1)CC(=O)N2. The molecule has 1 N–H and O–H groups in total. The highest BCUT2D eigenvalue weighted by atomic mass is 16.2. The summed E-state index contributed by atoms with van der Waals surface area (Å²) in [7, 11) is 0. The molecular formula is C11H19NO. The standard InChI is InChI=1S/C11H19NO/c1-2-3-9-4-6-11(7-5-9)8-10(13)12-11/h9H,2-8H2,1H3,(H,12,13). The Balaban J connectivity index is 1.80. The van der Waals surface area contributed by atoms with E-state index in [1.165, 1.54) is 38.5 Å². The van der Waals surface area contributed by atoms with Gasteiger partial charge in [0.25, 0.3) is 0 Å². The Hall–Kier alpha value is -0.530. The molecule has 1 heterocycles. The number of rotatable bonds is 2. The van der Waals surface area contributed by atoms with Crippen molar-refractivity contribution in [3.05, 3.63) is 0 Å². The molecule has 74 valence electrons. The molecule has 1 saturated heterocycles. The second kappa shape index (κ2) is 3.32. The monoisotopic (exact) mass is 181 g/mol. The fraction of sp³-hybridized carbons (Fsp3) is 0.909. The highest BCUT2D eigenvalue weighted by molar-refractivity contribution is 5.84. The van der Waals surface area contributed by atoms with E-state index in [1.54, 1.807) is 0 Å². The minimum absolute atomic E-state index is 0.251.